The molecule has 0 amide bonds. The van der Waals surface area contributed by atoms with Gasteiger partial charge in [0.25, 0.3) is 0 Å². The molecule has 0 N–H and O–H groups in total. The van der Waals surface area contributed by atoms with Crippen molar-refractivity contribution in [2.24, 2.45) is 22.3 Å². The van der Waals surface area contributed by atoms with Gasteiger partial charge in [-0.05, 0) is 11.8 Å². The van der Waals surface area contributed by atoms with Gasteiger partial charge in [-0.25, -0.2) is 0 Å². The molecular formula is C8H18N4O4+2. The van der Waals surface area contributed by atoms with Gasteiger partial charge in [0, 0.05) is 9.81 Å². The number of rotatable bonds is 8. The van der Waals surface area contributed by atoms with Crippen LogP contribution in [0, 0.1) is 21.6 Å². The van der Waals surface area contributed by atoms with Gasteiger partial charge < -0.3 is 0 Å². The summed E-state index contributed by atoms with van der Waals surface area (Å²) in [5.74, 6) is 0.374. The predicted octanol–water partition coefficient (Wildman–Crippen LogP) is 2.00. The molecule has 0 saturated heterocycles. The molecule has 0 aliphatic carbocycles. The predicted molar refractivity (Wildman–Crippen MR) is 53.7 cm³/mol. The van der Waals surface area contributed by atoms with Gasteiger partial charge >= 0.3 is 20.5 Å². The van der Waals surface area contributed by atoms with E-state index in [4.69, 9.17) is 0 Å². The van der Waals surface area contributed by atoms with E-state index in [1.165, 1.54) is 0 Å². The fraction of sp³-hybridized carbons (Fsp3) is 1.00. The number of hydrogen-bond donors (Lipinski definition) is 0. The average molecular weight is 234 g/mol. The standard InChI is InChI=1S/C8H18N4O4/c1-7(2)5-15-11(13)9-10-12(14)16-6-8(3)4/h7-8H,5-6H2,1-4H3/q+2. The summed E-state index contributed by atoms with van der Waals surface area (Å²) in [7, 11) is 0. The van der Waals surface area contributed by atoms with Gasteiger partial charge in [0.1, 0.15) is 13.2 Å². The first kappa shape index (κ1) is 14.4. The first-order valence-electron chi connectivity index (χ1n) is 5.03. The molecule has 0 fully saturated rings. The van der Waals surface area contributed by atoms with Crippen LogP contribution in [0.3, 0.4) is 0 Å². The zero-order valence-corrected chi connectivity index (χ0v) is 9.99. The molecule has 0 heterocycles. The van der Waals surface area contributed by atoms with E-state index in [1.807, 2.05) is 27.7 Å². The quantitative estimate of drug-likeness (QED) is 0.475. The molecule has 92 valence electrons. The summed E-state index contributed by atoms with van der Waals surface area (Å²) in [6, 6.07) is 0. The second-order valence-electron chi connectivity index (χ2n) is 4.03. The maximum atomic E-state index is 10.8. The van der Waals surface area contributed by atoms with E-state index in [9.17, 15) is 9.81 Å². The van der Waals surface area contributed by atoms with E-state index in [-0.39, 0.29) is 35.1 Å². The lowest BCUT2D eigenvalue weighted by Gasteiger charge is -1.95. The Morgan fingerprint density at radius 2 is 1.19 bits per heavy atom. The van der Waals surface area contributed by atoms with Gasteiger partial charge in [-0.15, -0.1) is 0 Å². The highest BCUT2D eigenvalue weighted by Gasteiger charge is 2.21. The van der Waals surface area contributed by atoms with Crippen molar-refractivity contribution in [3.63, 3.8) is 0 Å². The zero-order chi connectivity index (χ0) is 12.6. The maximum absolute atomic E-state index is 10.8. The molecule has 0 aliphatic heterocycles. The lowest BCUT2D eigenvalue weighted by molar-refractivity contribution is -0.857. The Hall–Kier alpha value is -1.60. The van der Waals surface area contributed by atoms with E-state index in [1.54, 1.807) is 0 Å². The van der Waals surface area contributed by atoms with E-state index in [2.05, 4.69) is 20.1 Å². The topological polar surface area (TPSA) is 83.3 Å². The lowest BCUT2D eigenvalue weighted by atomic mass is 10.2. The average Bonchev–Trinajstić information content (AvgIpc) is 2.20. The van der Waals surface area contributed by atoms with Crippen molar-refractivity contribution >= 4 is 0 Å². The highest BCUT2D eigenvalue weighted by molar-refractivity contribution is 4.34. The molecule has 0 unspecified atom stereocenters. The van der Waals surface area contributed by atoms with Crippen LogP contribution < -0.4 is 0 Å². The van der Waals surface area contributed by atoms with Crippen LogP contribution in [-0.2, 0) is 9.68 Å². The lowest BCUT2D eigenvalue weighted by Crippen LogP contribution is -2.10. The van der Waals surface area contributed by atoms with Crippen LogP contribution in [0.5, 0.6) is 0 Å². The molecule has 0 aromatic carbocycles. The number of nitrogens with zero attached hydrogens (tertiary/aromatic N) is 4. The Balaban J connectivity index is 3.80. The van der Waals surface area contributed by atoms with Crippen LogP contribution in [0.1, 0.15) is 27.7 Å². The molecule has 0 bridgehead atoms. The van der Waals surface area contributed by atoms with Crippen LogP contribution in [0.25, 0.3) is 0 Å². The molecule has 0 aromatic heterocycles. The van der Waals surface area contributed by atoms with Crippen molar-refractivity contribution in [1.82, 2.24) is 0 Å². The minimum Gasteiger partial charge on any atom is -0.263 e. The summed E-state index contributed by atoms with van der Waals surface area (Å²) >= 11 is 0. The van der Waals surface area contributed by atoms with E-state index in [0.717, 1.165) is 0 Å². The normalized spacial score (nSPS) is 11.1. The molecule has 0 radical (unpaired) electrons. The van der Waals surface area contributed by atoms with E-state index < -0.39 is 0 Å². The monoisotopic (exact) mass is 234 g/mol. The zero-order valence-electron chi connectivity index (χ0n) is 9.99. The molecule has 0 atom stereocenters. The SMILES string of the molecule is CC(C)CO[N+](=O)N=N[N+](=O)OCC(C)C. The third-order valence-corrected chi connectivity index (χ3v) is 1.22. The second-order valence-corrected chi connectivity index (χ2v) is 4.03. The second kappa shape index (κ2) is 7.66. The van der Waals surface area contributed by atoms with Crippen molar-refractivity contribution in [2.45, 2.75) is 27.7 Å². The first-order valence-corrected chi connectivity index (χ1v) is 5.03. The van der Waals surface area contributed by atoms with Gasteiger partial charge in [0.15, 0.2) is 0 Å². The highest BCUT2D eigenvalue weighted by Crippen LogP contribution is 1.95. The van der Waals surface area contributed by atoms with Crippen LogP contribution in [0.2, 0.25) is 0 Å². The number of hydrogen-bond acceptors (Lipinski definition) is 4. The van der Waals surface area contributed by atoms with E-state index >= 15 is 0 Å². The van der Waals surface area contributed by atoms with Gasteiger partial charge in [0.05, 0.1) is 0 Å². The summed E-state index contributed by atoms with van der Waals surface area (Å²) in [5, 5.41) is 5.64. The van der Waals surface area contributed by atoms with Crippen LogP contribution in [-0.4, -0.2) is 23.3 Å². The van der Waals surface area contributed by atoms with Crippen LogP contribution in [0.15, 0.2) is 10.4 Å². The van der Waals surface area contributed by atoms with Crippen molar-refractivity contribution in [3.8, 4) is 0 Å². The molecule has 0 rings (SSSR count). The fourth-order valence-electron chi connectivity index (χ4n) is 0.543. The molecule has 8 heteroatoms. The summed E-state index contributed by atoms with van der Waals surface area (Å²) in [5.41, 5.74) is 0. The summed E-state index contributed by atoms with van der Waals surface area (Å²) in [6.45, 7) is 7.89. The summed E-state index contributed by atoms with van der Waals surface area (Å²) in [6.07, 6.45) is 0. The molecule has 0 spiro atoms. The Kier molecular flexibility index (Phi) is 6.89. The summed E-state index contributed by atoms with van der Waals surface area (Å²) in [4.78, 5) is 30.8. The summed E-state index contributed by atoms with van der Waals surface area (Å²) < 4.78 is 0. The smallest absolute Gasteiger partial charge is 0.263 e. The van der Waals surface area contributed by atoms with Crippen molar-refractivity contribution in [1.29, 1.82) is 0 Å². The Morgan fingerprint density at radius 3 is 1.44 bits per heavy atom. The molecule has 16 heavy (non-hydrogen) atoms. The Labute approximate surface area is 93.6 Å². The minimum absolute atomic E-state index is 0.121. The Bertz CT molecular complexity index is 239. The molecule has 0 aromatic rings. The molecule has 0 saturated carbocycles. The van der Waals surface area contributed by atoms with Crippen molar-refractivity contribution in [3.05, 3.63) is 9.81 Å². The molecule has 0 aliphatic rings. The minimum atomic E-state index is -0.121. The maximum Gasteiger partial charge on any atom is 0.484 e. The first-order chi connectivity index (χ1) is 7.41. The third-order valence-electron chi connectivity index (χ3n) is 1.22. The van der Waals surface area contributed by atoms with Crippen molar-refractivity contribution < 1.29 is 19.7 Å². The highest BCUT2D eigenvalue weighted by atomic mass is 16.8. The van der Waals surface area contributed by atoms with Gasteiger partial charge in [-0.1, -0.05) is 27.7 Å². The van der Waals surface area contributed by atoms with E-state index in [0.29, 0.717) is 0 Å². The van der Waals surface area contributed by atoms with Gasteiger partial charge in [-0.2, -0.15) is 0 Å². The van der Waals surface area contributed by atoms with Gasteiger partial charge in [-0.3, -0.25) is 9.68 Å². The molecular weight excluding hydrogens is 216 g/mol. The van der Waals surface area contributed by atoms with Crippen LogP contribution in [0.4, 0.5) is 0 Å². The largest absolute Gasteiger partial charge is 0.484 e. The third kappa shape index (κ3) is 8.97. The Morgan fingerprint density at radius 1 is 0.875 bits per heavy atom. The van der Waals surface area contributed by atoms with Crippen molar-refractivity contribution in [2.75, 3.05) is 13.2 Å². The molecule has 8 nitrogen and oxygen atoms in total. The van der Waals surface area contributed by atoms with Crippen LogP contribution >= 0.6 is 0 Å². The van der Waals surface area contributed by atoms with Gasteiger partial charge in [0.2, 0.25) is 0 Å². The fourth-order valence-corrected chi connectivity index (χ4v) is 0.543.